The summed E-state index contributed by atoms with van der Waals surface area (Å²) in [5, 5.41) is 0. The van der Waals surface area contributed by atoms with E-state index in [2.05, 4.69) is 0 Å². The van der Waals surface area contributed by atoms with E-state index < -0.39 is 13.0 Å². The first-order valence-electron chi connectivity index (χ1n) is 4.34. The minimum absolute atomic E-state index is 0.169. The summed E-state index contributed by atoms with van der Waals surface area (Å²) >= 11 is 4.77. The molecule has 0 aromatic heterocycles. The van der Waals surface area contributed by atoms with Gasteiger partial charge in [-0.2, -0.15) is 0 Å². The fourth-order valence-electron chi connectivity index (χ4n) is 1.03. The first-order chi connectivity index (χ1) is 7.09. The number of rotatable bonds is 5. The van der Waals surface area contributed by atoms with Gasteiger partial charge in [0.1, 0.15) is 11.6 Å². The van der Waals surface area contributed by atoms with E-state index in [0.29, 0.717) is 4.99 Å². The SMILES string of the molecule is NC(=S)c1ccc(COCC(F)F)cc1. The van der Waals surface area contributed by atoms with E-state index in [0.717, 1.165) is 11.1 Å². The van der Waals surface area contributed by atoms with Gasteiger partial charge in [0.05, 0.1) is 6.61 Å². The number of alkyl halides is 2. The molecule has 2 N–H and O–H groups in total. The molecule has 0 amide bonds. The summed E-state index contributed by atoms with van der Waals surface area (Å²) in [5.41, 5.74) is 6.97. The van der Waals surface area contributed by atoms with Crippen molar-refractivity contribution in [2.24, 2.45) is 5.73 Å². The Hall–Kier alpha value is -1.07. The minimum Gasteiger partial charge on any atom is -0.389 e. The molecule has 0 atom stereocenters. The van der Waals surface area contributed by atoms with Gasteiger partial charge in [-0.3, -0.25) is 0 Å². The number of ether oxygens (including phenoxy) is 1. The van der Waals surface area contributed by atoms with Crippen molar-refractivity contribution < 1.29 is 13.5 Å². The monoisotopic (exact) mass is 231 g/mol. The Bertz CT molecular complexity index is 327. The predicted molar refractivity (Wildman–Crippen MR) is 58.0 cm³/mol. The number of halogens is 2. The molecule has 0 aliphatic rings. The van der Waals surface area contributed by atoms with Crippen molar-refractivity contribution >= 4 is 17.2 Å². The van der Waals surface area contributed by atoms with Crippen LogP contribution >= 0.6 is 12.2 Å². The second kappa shape index (κ2) is 5.72. The van der Waals surface area contributed by atoms with Gasteiger partial charge >= 0.3 is 0 Å². The van der Waals surface area contributed by atoms with Crippen LogP contribution in [0.2, 0.25) is 0 Å². The fraction of sp³-hybridized carbons (Fsp3) is 0.300. The van der Waals surface area contributed by atoms with Crippen LogP contribution in [0.1, 0.15) is 11.1 Å². The van der Waals surface area contributed by atoms with Crippen molar-refractivity contribution in [1.82, 2.24) is 0 Å². The van der Waals surface area contributed by atoms with E-state index in [1.807, 2.05) is 0 Å². The van der Waals surface area contributed by atoms with Crippen molar-refractivity contribution in [2.75, 3.05) is 6.61 Å². The predicted octanol–water partition coefficient (Wildman–Crippen LogP) is 2.10. The molecule has 2 nitrogen and oxygen atoms in total. The van der Waals surface area contributed by atoms with Gasteiger partial charge in [0.25, 0.3) is 6.43 Å². The van der Waals surface area contributed by atoms with E-state index in [1.54, 1.807) is 24.3 Å². The summed E-state index contributed by atoms with van der Waals surface area (Å²) in [6.45, 7) is -0.376. The lowest BCUT2D eigenvalue weighted by Gasteiger charge is -2.04. The van der Waals surface area contributed by atoms with Crippen LogP contribution in [0, 0.1) is 0 Å². The summed E-state index contributed by atoms with van der Waals surface area (Å²) < 4.78 is 28.3. The Morgan fingerprint density at radius 2 is 1.93 bits per heavy atom. The molecule has 0 unspecified atom stereocenters. The highest BCUT2D eigenvalue weighted by Crippen LogP contribution is 2.06. The second-order valence-corrected chi connectivity index (χ2v) is 3.41. The number of benzene rings is 1. The van der Waals surface area contributed by atoms with Gasteiger partial charge in [0.2, 0.25) is 0 Å². The Balaban J connectivity index is 2.46. The highest BCUT2D eigenvalue weighted by molar-refractivity contribution is 7.80. The van der Waals surface area contributed by atoms with Gasteiger partial charge in [-0.05, 0) is 5.56 Å². The summed E-state index contributed by atoms with van der Waals surface area (Å²) in [6.07, 6.45) is -2.43. The smallest absolute Gasteiger partial charge is 0.261 e. The third kappa shape index (κ3) is 4.31. The second-order valence-electron chi connectivity index (χ2n) is 2.97. The van der Waals surface area contributed by atoms with Crippen molar-refractivity contribution in [3.8, 4) is 0 Å². The van der Waals surface area contributed by atoms with Crippen LogP contribution in [0.5, 0.6) is 0 Å². The van der Waals surface area contributed by atoms with E-state index >= 15 is 0 Å². The molecule has 15 heavy (non-hydrogen) atoms. The Kier molecular flexibility index (Phi) is 4.58. The van der Waals surface area contributed by atoms with Crippen LogP contribution in [0.15, 0.2) is 24.3 Å². The van der Waals surface area contributed by atoms with E-state index in [9.17, 15) is 8.78 Å². The van der Waals surface area contributed by atoms with Crippen LogP contribution in [0.25, 0.3) is 0 Å². The van der Waals surface area contributed by atoms with E-state index in [1.165, 1.54) is 0 Å². The van der Waals surface area contributed by atoms with Crippen LogP contribution in [0.3, 0.4) is 0 Å². The summed E-state index contributed by atoms with van der Waals surface area (Å²) in [6, 6.07) is 6.98. The van der Waals surface area contributed by atoms with Gasteiger partial charge in [0.15, 0.2) is 0 Å². The van der Waals surface area contributed by atoms with Crippen LogP contribution in [-0.2, 0) is 11.3 Å². The molecule has 0 radical (unpaired) electrons. The molecule has 0 fully saturated rings. The highest BCUT2D eigenvalue weighted by atomic mass is 32.1. The molecule has 0 heterocycles. The molecule has 5 heteroatoms. The zero-order valence-electron chi connectivity index (χ0n) is 7.95. The van der Waals surface area contributed by atoms with Crippen molar-refractivity contribution in [3.05, 3.63) is 35.4 Å². The molecular formula is C10H11F2NOS. The van der Waals surface area contributed by atoms with Crippen LogP contribution < -0.4 is 5.73 Å². The lowest BCUT2D eigenvalue weighted by molar-refractivity contribution is 0.00988. The van der Waals surface area contributed by atoms with Crippen molar-refractivity contribution in [3.63, 3.8) is 0 Å². The summed E-state index contributed by atoms with van der Waals surface area (Å²) in [5.74, 6) is 0. The first-order valence-corrected chi connectivity index (χ1v) is 4.75. The molecule has 0 saturated carbocycles. The molecule has 82 valence electrons. The number of nitrogens with two attached hydrogens (primary N) is 1. The Morgan fingerprint density at radius 3 is 2.40 bits per heavy atom. The molecular weight excluding hydrogens is 220 g/mol. The average Bonchev–Trinajstić information content (AvgIpc) is 2.18. The molecule has 0 aliphatic carbocycles. The molecule has 1 aromatic carbocycles. The molecule has 0 saturated heterocycles. The molecule has 1 rings (SSSR count). The molecule has 0 aliphatic heterocycles. The Labute approximate surface area is 92.0 Å². The van der Waals surface area contributed by atoms with Gasteiger partial charge in [-0.1, -0.05) is 36.5 Å². The third-order valence-electron chi connectivity index (χ3n) is 1.75. The normalized spacial score (nSPS) is 10.6. The van der Waals surface area contributed by atoms with Gasteiger partial charge < -0.3 is 10.5 Å². The first kappa shape index (κ1) is 12.0. The third-order valence-corrected chi connectivity index (χ3v) is 1.99. The average molecular weight is 231 g/mol. The molecule has 0 bridgehead atoms. The highest BCUT2D eigenvalue weighted by Gasteiger charge is 2.02. The van der Waals surface area contributed by atoms with Gasteiger partial charge in [-0.25, -0.2) is 8.78 Å². The molecule has 1 aromatic rings. The topological polar surface area (TPSA) is 35.2 Å². The van der Waals surface area contributed by atoms with E-state index in [4.69, 9.17) is 22.7 Å². The Morgan fingerprint density at radius 1 is 1.33 bits per heavy atom. The summed E-state index contributed by atoms with van der Waals surface area (Å²) in [4.78, 5) is 0.315. The maximum Gasteiger partial charge on any atom is 0.261 e. The van der Waals surface area contributed by atoms with Crippen molar-refractivity contribution in [2.45, 2.75) is 13.0 Å². The number of hydrogen-bond acceptors (Lipinski definition) is 2. The maximum absolute atomic E-state index is 11.7. The lowest BCUT2D eigenvalue weighted by atomic mass is 10.1. The van der Waals surface area contributed by atoms with Crippen molar-refractivity contribution in [1.29, 1.82) is 0 Å². The maximum atomic E-state index is 11.7. The van der Waals surface area contributed by atoms with Gasteiger partial charge in [-0.15, -0.1) is 0 Å². The minimum atomic E-state index is -2.43. The summed E-state index contributed by atoms with van der Waals surface area (Å²) in [7, 11) is 0. The fourth-order valence-corrected chi connectivity index (χ4v) is 1.17. The van der Waals surface area contributed by atoms with Crippen LogP contribution in [-0.4, -0.2) is 18.0 Å². The largest absolute Gasteiger partial charge is 0.389 e. The number of thiocarbonyl (C=S) groups is 1. The standard InChI is InChI=1S/C10H11F2NOS/c11-9(12)6-14-5-7-1-3-8(4-2-7)10(13)15/h1-4,9H,5-6H2,(H2,13,15). The van der Waals surface area contributed by atoms with Gasteiger partial charge in [0, 0.05) is 5.56 Å². The molecule has 0 spiro atoms. The lowest BCUT2D eigenvalue weighted by Crippen LogP contribution is -2.09. The zero-order valence-corrected chi connectivity index (χ0v) is 8.77. The van der Waals surface area contributed by atoms with Crippen LogP contribution in [0.4, 0.5) is 8.78 Å². The number of hydrogen-bond donors (Lipinski definition) is 1. The quantitative estimate of drug-likeness (QED) is 0.788. The van der Waals surface area contributed by atoms with E-state index in [-0.39, 0.29) is 6.61 Å². The zero-order chi connectivity index (χ0) is 11.3.